The molecule has 148 valence electrons. The third kappa shape index (κ3) is 3.27. The van der Waals surface area contributed by atoms with Crippen molar-refractivity contribution >= 4 is 21.7 Å². The van der Waals surface area contributed by atoms with E-state index in [0.717, 1.165) is 5.56 Å². The summed E-state index contributed by atoms with van der Waals surface area (Å²) in [4.78, 5) is 19.2. The van der Waals surface area contributed by atoms with Gasteiger partial charge < -0.3 is 10.2 Å². The van der Waals surface area contributed by atoms with E-state index in [-0.39, 0.29) is 23.8 Å². The third-order valence-electron chi connectivity index (χ3n) is 5.75. The van der Waals surface area contributed by atoms with Gasteiger partial charge in [0.25, 0.3) is 5.91 Å². The average molecular weight is 401 g/mol. The zero-order valence-electron chi connectivity index (χ0n) is 15.9. The molecule has 1 amide bonds. The Hall–Kier alpha value is -2.45. The highest BCUT2D eigenvalue weighted by molar-refractivity contribution is 7.88. The predicted octanol–water partition coefficient (Wildman–Crippen LogP) is 1.83. The quantitative estimate of drug-likeness (QED) is 0.847. The fourth-order valence-corrected chi connectivity index (χ4v) is 5.68. The fourth-order valence-electron chi connectivity index (χ4n) is 4.52. The van der Waals surface area contributed by atoms with Gasteiger partial charge in [0.05, 0.1) is 17.9 Å². The normalized spacial score (nSPS) is 24.9. The van der Waals surface area contributed by atoms with Gasteiger partial charge in [-0.1, -0.05) is 30.3 Å². The Labute approximate surface area is 165 Å². The molecule has 1 aromatic carbocycles. The van der Waals surface area contributed by atoms with Gasteiger partial charge in [-0.05, 0) is 23.6 Å². The van der Waals surface area contributed by atoms with Crippen LogP contribution in [-0.2, 0) is 10.0 Å². The summed E-state index contributed by atoms with van der Waals surface area (Å²) in [5.41, 5.74) is 1.52. The van der Waals surface area contributed by atoms with E-state index < -0.39 is 10.0 Å². The predicted molar refractivity (Wildman–Crippen MR) is 107 cm³/mol. The van der Waals surface area contributed by atoms with Crippen LogP contribution in [0.5, 0.6) is 0 Å². The standard InChI is InChI=1S/C20H24N4O3S/c1-21-19-16(9-6-10-22-19)20(25)23-11-15-12-24(28(2,26)27)18(17(15)13-23)14-7-4-3-5-8-14/h3-10,15,17-18H,11-13H2,1-2H3,(H,21,22)/t15-,17-,18+/m1/s1. The van der Waals surface area contributed by atoms with Gasteiger partial charge in [-0.15, -0.1) is 0 Å². The number of amides is 1. The number of hydrogen-bond acceptors (Lipinski definition) is 5. The molecule has 8 heteroatoms. The monoisotopic (exact) mass is 400 g/mol. The smallest absolute Gasteiger partial charge is 0.257 e. The lowest BCUT2D eigenvalue weighted by Gasteiger charge is -2.28. The summed E-state index contributed by atoms with van der Waals surface area (Å²) in [6.07, 6.45) is 2.92. The Bertz CT molecular complexity index is 980. The first-order chi connectivity index (χ1) is 13.4. The number of benzene rings is 1. The molecule has 1 N–H and O–H groups in total. The van der Waals surface area contributed by atoms with Gasteiger partial charge in [0, 0.05) is 38.8 Å². The summed E-state index contributed by atoms with van der Waals surface area (Å²) in [5, 5.41) is 2.97. The number of hydrogen-bond donors (Lipinski definition) is 1. The zero-order chi connectivity index (χ0) is 19.9. The lowest BCUT2D eigenvalue weighted by Crippen LogP contribution is -2.37. The van der Waals surface area contributed by atoms with E-state index in [1.165, 1.54) is 6.26 Å². The topological polar surface area (TPSA) is 82.6 Å². The molecule has 0 aliphatic carbocycles. The van der Waals surface area contributed by atoms with Crippen LogP contribution in [0.1, 0.15) is 22.0 Å². The van der Waals surface area contributed by atoms with Crippen LogP contribution in [0.2, 0.25) is 0 Å². The van der Waals surface area contributed by atoms with Crippen molar-refractivity contribution in [3.63, 3.8) is 0 Å². The van der Waals surface area contributed by atoms with Gasteiger partial charge in [0.15, 0.2) is 0 Å². The minimum absolute atomic E-state index is 0.0652. The second-order valence-corrected chi connectivity index (χ2v) is 9.41. The number of carbonyl (C=O) groups is 1. The van der Waals surface area contributed by atoms with Crippen LogP contribution in [0.15, 0.2) is 48.7 Å². The highest BCUT2D eigenvalue weighted by Crippen LogP contribution is 2.46. The van der Waals surface area contributed by atoms with Crippen molar-refractivity contribution in [2.45, 2.75) is 6.04 Å². The molecule has 2 saturated heterocycles. The van der Waals surface area contributed by atoms with E-state index in [0.29, 0.717) is 31.0 Å². The van der Waals surface area contributed by atoms with Gasteiger partial charge in [-0.25, -0.2) is 13.4 Å². The molecule has 0 unspecified atom stereocenters. The van der Waals surface area contributed by atoms with E-state index in [2.05, 4.69) is 10.3 Å². The number of pyridine rings is 1. The maximum atomic E-state index is 13.1. The number of nitrogens with zero attached hydrogens (tertiary/aromatic N) is 3. The SMILES string of the molecule is CNc1ncccc1C(=O)N1C[C@@H]2CN(S(C)(=O)=O)[C@@H](c3ccccc3)[C@@H]2C1. The number of fused-ring (bicyclic) bond motifs is 1. The summed E-state index contributed by atoms with van der Waals surface area (Å²) in [6.45, 7) is 1.53. The number of anilines is 1. The molecule has 1 aromatic heterocycles. The maximum Gasteiger partial charge on any atom is 0.257 e. The van der Waals surface area contributed by atoms with Gasteiger partial charge in [-0.2, -0.15) is 4.31 Å². The second-order valence-electron chi connectivity index (χ2n) is 7.47. The first-order valence-corrected chi connectivity index (χ1v) is 11.2. The summed E-state index contributed by atoms with van der Waals surface area (Å²) in [7, 11) is -1.59. The van der Waals surface area contributed by atoms with Crippen molar-refractivity contribution in [3.05, 3.63) is 59.8 Å². The van der Waals surface area contributed by atoms with Gasteiger partial charge in [-0.3, -0.25) is 4.79 Å². The van der Waals surface area contributed by atoms with Crippen molar-refractivity contribution in [2.75, 3.05) is 38.3 Å². The molecule has 0 spiro atoms. The van der Waals surface area contributed by atoms with E-state index in [1.54, 1.807) is 29.7 Å². The van der Waals surface area contributed by atoms with Gasteiger partial charge in [0.1, 0.15) is 5.82 Å². The summed E-state index contributed by atoms with van der Waals surface area (Å²) < 4.78 is 26.4. The minimum atomic E-state index is -3.33. The lowest BCUT2D eigenvalue weighted by atomic mass is 9.90. The number of aromatic nitrogens is 1. The highest BCUT2D eigenvalue weighted by Gasteiger charge is 2.51. The maximum absolute atomic E-state index is 13.1. The Morgan fingerprint density at radius 3 is 2.54 bits per heavy atom. The van der Waals surface area contributed by atoms with Gasteiger partial charge >= 0.3 is 0 Å². The van der Waals surface area contributed by atoms with E-state index in [9.17, 15) is 13.2 Å². The number of carbonyl (C=O) groups excluding carboxylic acids is 1. The average Bonchev–Trinajstić information content (AvgIpc) is 3.26. The first-order valence-electron chi connectivity index (χ1n) is 9.34. The molecule has 0 bridgehead atoms. The van der Waals surface area contributed by atoms with Gasteiger partial charge in [0.2, 0.25) is 10.0 Å². The van der Waals surface area contributed by atoms with Crippen molar-refractivity contribution < 1.29 is 13.2 Å². The Morgan fingerprint density at radius 1 is 1.11 bits per heavy atom. The largest absolute Gasteiger partial charge is 0.372 e. The third-order valence-corrected chi connectivity index (χ3v) is 6.98. The molecule has 2 aromatic rings. The molecule has 3 heterocycles. The van der Waals surface area contributed by atoms with Crippen LogP contribution in [0.3, 0.4) is 0 Å². The van der Waals surface area contributed by atoms with Crippen molar-refractivity contribution in [3.8, 4) is 0 Å². The highest BCUT2D eigenvalue weighted by atomic mass is 32.2. The summed E-state index contributed by atoms with van der Waals surface area (Å²) >= 11 is 0. The number of sulfonamides is 1. The van der Waals surface area contributed by atoms with Crippen LogP contribution in [0.25, 0.3) is 0 Å². The number of rotatable bonds is 4. The number of nitrogens with one attached hydrogen (secondary N) is 1. The molecule has 2 fully saturated rings. The van der Waals surface area contributed by atoms with Crippen LogP contribution in [-0.4, -0.2) is 61.5 Å². The Morgan fingerprint density at radius 2 is 1.86 bits per heavy atom. The Kier molecular flexibility index (Phi) is 4.84. The van der Waals surface area contributed by atoms with Crippen LogP contribution < -0.4 is 5.32 Å². The Balaban J connectivity index is 1.63. The second kappa shape index (κ2) is 7.18. The van der Waals surface area contributed by atoms with E-state index in [1.807, 2.05) is 35.2 Å². The molecule has 3 atom stereocenters. The van der Waals surface area contributed by atoms with Crippen molar-refractivity contribution in [1.29, 1.82) is 0 Å². The molecule has 28 heavy (non-hydrogen) atoms. The summed E-state index contributed by atoms with van der Waals surface area (Å²) in [6, 6.07) is 13.0. The zero-order valence-corrected chi connectivity index (χ0v) is 16.8. The van der Waals surface area contributed by atoms with Crippen LogP contribution in [0, 0.1) is 11.8 Å². The minimum Gasteiger partial charge on any atom is -0.372 e. The molecular weight excluding hydrogens is 376 g/mol. The van der Waals surface area contributed by atoms with Crippen LogP contribution >= 0.6 is 0 Å². The molecule has 7 nitrogen and oxygen atoms in total. The molecule has 4 rings (SSSR count). The van der Waals surface area contributed by atoms with Crippen molar-refractivity contribution in [1.82, 2.24) is 14.2 Å². The lowest BCUT2D eigenvalue weighted by molar-refractivity contribution is 0.0774. The number of likely N-dealkylation sites (tertiary alicyclic amines) is 1. The molecular formula is C20H24N4O3S. The molecule has 0 radical (unpaired) electrons. The van der Waals surface area contributed by atoms with Crippen molar-refractivity contribution in [2.24, 2.45) is 11.8 Å². The first kappa shape index (κ1) is 18.9. The molecule has 0 saturated carbocycles. The summed E-state index contributed by atoms with van der Waals surface area (Å²) in [5.74, 6) is 0.695. The van der Waals surface area contributed by atoms with E-state index in [4.69, 9.17) is 0 Å². The van der Waals surface area contributed by atoms with E-state index >= 15 is 0 Å². The van der Waals surface area contributed by atoms with Crippen LogP contribution in [0.4, 0.5) is 5.82 Å². The molecule has 2 aliphatic heterocycles. The fraction of sp³-hybridized carbons (Fsp3) is 0.400. The molecule has 2 aliphatic rings.